The highest BCUT2D eigenvalue weighted by Gasteiger charge is 2.20. The van der Waals surface area contributed by atoms with Gasteiger partial charge in [-0.1, -0.05) is 17.7 Å². The summed E-state index contributed by atoms with van der Waals surface area (Å²) in [5, 5.41) is 7.19. The minimum Gasteiger partial charge on any atom is -0.488 e. The van der Waals surface area contributed by atoms with Gasteiger partial charge in [0.25, 0.3) is 0 Å². The van der Waals surface area contributed by atoms with Gasteiger partial charge in [-0.2, -0.15) is 0 Å². The second-order valence-electron chi connectivity index (χ2n) is 8.73. The van der Waals surface area contributed by atoms with Crippen LogP contribution in [0.3, 0.4) is 0 Å². The number of likely N-dealkylation sites (tertiary alicyclic amines) is 1. The molecular formula is C25H32Cl4FN5O2. The van der Waals surface area contributed by atoms with Gasteiger partial charge in [-0.15, -0.1) is 37.2 Å². The Morgan fingerprint density at radius 2 is 1.81 bits per heavy atom. The summed E-state index contributed by atoms with van der Waals surface area (Å²) in [6.45, 7) is 5.54. The topological polar surface area (TPSA) is 71.5 Å². The standard InChI is InChI=1S/C25H29ClFN5O2.3ClH/c26-19-4-3-5-20(24(19)27)31-25-18-14-22(33-13-12-32-10-1-2-11-32)23(15-21(18)29-16-30-25)34-17-6-8-28-9-7-17;;;/h3-5,14-17,28H,1-2,6-13H2,(H,29,30,31);3*1H. The molecule has 7 nitrogen and oxygen atoms in total. The van der Waals surface area contributed by atoms with Crippen molar-refractivity contribution in [3.8, 4) is 11.5 Å². The number of hydrogen-bond donors (Lipinski definition) is 2. The number of fused-ring (bicyclic) bond motifs is 1. The van der Waals surface area contributed by atoms with Crippen molar-refractivity contribution in [2.75, 3.05) is 44.6 Å². The summed E-state index contributed by atoms with van der Waals surface area (Å²) in [5.74, 6) is 1.28. The minimum absolute atomic E-state index is 0. The Balaban J connectivity index is 0.00000160. The molecule has 0 amide bonds. The van der Waals surface area contributed by atoms with Crippen molar-refractivity contribution in [2.24, 2.45) is 0 Å². The average Bonchev–Trinajstić information content (AvgIpc) is 3.37. The van der Waals surface area contributed by atoms with E-state index in [1.54, 1.807) is 12.1 Å². The molecule has 0 unspecified atom stereocenters. The van der Waals surface area contributed by atoms with Crippen LogP contribution in [0, 0.1) is 5.82 Å². The van der Waals surface area contributed by atoms with Gasteiger partial charge in [0.15, 0.2) is 17.3 Å². The lowest BCUT2D eigenvalue weighted by atomic mass is 10.1. The van der Waals surface area contributed by atoms with Gasteiger partial charge >= 0.3 is 0 Å². The third-order valence-corrected chi connectivity index (χ3v) is 6.64. The average molecular weight is 595 g/mol. The molecule has 2 aromatic carbocycles. The fraction of sp³-hybridized carbons (Fsp3) is 0.440. The van der Waals surface area contributed by atoms with Crippen molar-refractivity contribution in [2.45, 2.75) is 31.8 Å². The highest BCUT2D eigenvalue weighted by molar-refractivity contribution is 6.31. The first-order chi connectivity index (χ1) is 16.7. The van der Waals surface area contributed by atoms with Gasteiger partial charge in [-0.25, -0.2) is 14.4 Å². The Kier molecular flexibility index (Phi) is 12.7. The van der Waals surface area contributed by atoms with E-state index in [-0.39, 0.29) is 54.0 Å². The molecule has 0 saturated carbocycles. The number of piperidine rings is 1. The highest BCUT2D eigenvalue weighted by atomic mass is 35.5. The molecule has 0 radical (unpaired) electrons. The second kappa shape index (κ2) is 15.0. The van der Waals surface area contributed by atoms with E-state index in [0.29, 0.717) is 29.4 Å². The van der Waals surface area contributed by atoms with Crippen LogP contribution in [0.25, 0.3) is 10.9 Å². The SMILES string of the molecule is Cl.Cl.Cl.Fc1c(Cl)cccc1Nc1ncnc2cc(OC3CCNCC3)c(OCCN3CCCC3)cc12. The lowest BCUT2D eigenvalue weighted by Crippen LogP contribution is -2.34. The number of anilines is 2. The third-order valence-electron chi connectivity index (χ3n) is 6.35. The van der Waals surface area contributed by atoms with Crippen LogP contribution in [0.2, 0.25) is 5.02 Å². The summed E-state index contributed by atoms with van der Waals surface area (Å²) >= 11 is 5.96. The minimum atomic E-state index is -0.524. The van der Waals surface area contributed by atoms with Crippen LogP contribution in [0.4, 0.5) is 15.9 Å². The summed E-state index contributed by atoms with van der Waals surface area (Å²) in [7, 11) is 0. The largest absolute Gasteiger partial charge is 0.488 e. The Morgan fingerprint density at radius 1 is 1.05 bits per heavy atom. The fourth-order valence-corrected chi connectivity index (χ4v) is 4.65. The normalized spacial score (nSPS) is 15.8. The number of hydrogen-bond acceptors (Lipinski definition) is 7. The van der Waals surface area contributed by atoms with E-state index < -0.39 is 5.82 Å². The Labute approximate surface area is 240 Å². The summed E-state index contributed by atoms with van der Waals surface area (Å²) < 4.78 is 27.1. The Bertz CT molecular complexity index is 1150. The Hall–Kier alpha value is -1.81. The predicted octanol–water partition coefficient (Wildman–Crippen LogP) is 6.04. The molecule has 0 aliphatic carbocycles. The van der Waals surface area contributed by atoms with Crippen molar-refractivity contribution < 1.29 is 13.9 Å². The van der Waals surface area contributed by atoms with E-state index in [9.17, 15) is 4.39 Å². The van der Waals surface area contributed by atoms with Crippen LogP contribution in [-0.4, -0.2) is 60.3 Å². The number of nitrogens with zero attached hydrogens (tertiary/aromatic N) is 3. The van der Waals surface area contributed by atoms with Gasteiger partial charge in [0.05, 0.1) is 16.2 Å². The first kappa shape index (κ1) is 31.4. The second-order valence-corrected chi connectivity index (χ2v) is 9.14. The first-order valence-corrected chi connectivity index (χ1v) is 12.3. The van der Waals surface area contributed by atoms with E-state index in [2.05, 4.69) is 25.5 Å². The van der Waals surface area contributed by atoms with Crippen LogP contribution in [0.15, 0.2) is 36.7 Å². The van der Waals surface area contributed by atoms with Gasteiger partial charge in [0.1, 0.15) is 24.9 Å². The van der Waals surface area contributed by atoms with Crippen molar-refractivity contribution in [1.82, 2.24) is 20.2 Å². The molecule has 0 spiro atoms. The number of aromatic nitrogens is 2. The number of halogens is 5. The molecule has 2 saturated heterocycles. The van der Waals surface area contributed by atoms with Crippen molar-refractivity contribution in [3.05, 3.63) is 47.5 Å². The number of nitrogens with one attached hydrogen (secondary N) is 2. The van der Waals surface area contributed by atoms with E-state index in [4.69, 9.17) is 21.1 Å². The molecule has 12 heteroatoms. The summed E-state index contributed by atoms with van der Waals surface area (Å²) in [4.78, 5) is 11.2. The van der Waals surface area contributed by atoms with Gasteiger partial charge in [-0.05, 0) is 70.1 Å². The van der Waals surface area contributed by atoms with E-state index >= 15 is 0 Å². The molecule has 0 atom stereocenters. The van der Waals surface area contributed by atoms with Crippen LogP contribution in [0.1, 0.15) is 25.7 Å². The van der Waals surface area contributed by atoms with Crippen LogP contribution >= 0.6 is 48.8 Å². The van der Waals surface area contributed by atoms with E-state index in [0.717, 1.165) is 51.0 Å². The third kappa shape index (κ3) is 7.85. The first-order valence-electron chi connectivity index (χ1n) is 11.9. The molecule has 1 aromatic heterocycles. The zero-order valence-corrected chi connectivity index (χ0v) is 23.5. The molecule has 3 aromatic rings. The van der Waals surface area contributed by atoms with Gasteiger partial charge in [-0.3, -0.25) is 4.90 Å². The maximum Gasteiger partial charge on any atom is 0.165 e. The zero-order chi connectivity index (χ0) is 23.3. The number of ether oxygens (including phenoxy) is 2. The smallest absolute Gasteiger partial charge is 0.165 e. The lowest BCUT2D eigenvalue weighted by Gasteiger charge is -2.25. The zero-order valence-electron chi connectivity index (χ0n) is 20.3. The molecule has 2 N–H and O–H groups in total. The van der Waals surface area contributed by atoms with Gasteiger partial charge in [0, 0.05) is 18.0 Å². The summed E-state index contributed by atoms with van der Waals surface area (Å²) in [6.07, 6.45) is 5.94. The maximum absolute atomic E-state index is 14.5. The Morgan fingerprint density at radius 3 is 2.57 bits per heavy atom. The van der Waals surface area contributed by atoms with Gasteiger partial charge in [0.2, 0.25) is 0 Å². The van der Waals surface area contributed by atoms with Crippen LogP contribution < -0.4 is 20.1 Å². The molecule has 204 valence electrons. The molecular weight excluding hydrogens is 563 g/mol. The van der Waals surface area contributed by atoms with E-state index in [1.807, 2.05) is 12.1 Å². The molecule has 5 rings (SSSR count). The molecule has 2 fully saturated rings. The van der Waals surface area contributed by atoms with Crippen molar-refractivity contribution in [1.29, 1.82) is 0 Å². The maximum atomic E-state index is 14.5. The lowest BCUT2D eigenvalue weighted by molar-refractivity contribution is 0.152. The molecule has 2 aliphatic rings. The molecule has 3 heterocycles. The fourth-order valence-electron chi connectivity index (χ4n) is 4.48. The van der Waals surface area contributed by atoms with Crippen molar-refractivity contribution >= 4 is 71.2 Å². The van der Waals surface area contributed by atoms with E-state index in [1.165, 1.54) is 25.2 Å². The number of rotatable bonds is 8. The molecule has 2 aliphatic heterocycles. The predicted molar refractivity (Wildman–Crippen MR) is 154 cm³/mol. The highest BCUT2D eigenvalue weighted by Crippen LogP contribution is 2.37. The van der Waals surface area contributed by atoms with Crippen molar-refractivity contribution in [3.63, 3.8) is 0 Å². The molecule has 37 heavy (non-hydrogen) atoms. The molecule has 0 bridgehead atoms. The number of benzene rings is 2. The monoisotopic (exact) mass is 593 g/mol. The van der Waals surface area contributed by atoms with Crippen LogP contribution in [-0.2, 0) is 0 Å². The van der Waals surface area contributed by atoms with Gasteiger partial charge < -0.3 is 20.1 Å². The summed E-state index contributed by atoms with van der Waals surface area (Å²) in [6, 6.07) is 8.60. The summed E-state index contributed by atoms with van der Waals surface area (Å²) in [5.41, 5.74) is 0.940. The van der Waals surface area contributed by atoms with Crippen LogP contribution in [0.5, 0.6) is 11.5 Å². The quantitative estimate of drug-likeness (QED) is 0.329.